The standard InChI is InChI=1S/C8H13BO/c1-3-7(2)8-6-10-5-4-9-8/h4-7,9H,3H2,1-2H3. The Balaban J connectivity index is 2.47. The summed E-state index contributed by atoms with van der Waals surface area (Å²) < 4.78 is 5.06. The van der Waals surface area contributed by atoms with E-state index < -0.39 is 0 Å². The van der Waals surface area contributed by atoms with Gasteiger partial charge in [-0.25, -0.2) is 0 Å². The zero-order valence-corrected chi connectivity index (χ0v) is 6.63. The zero-order valence-electron chi connectivity index (χ0n) is 6.63. The van der Waals surface area contributed by atoms with E-state index in [2.05, 4.69) is 19.8 Å². The van der Waals surface area contributed by atoms with Crippen LogP contribution in [-0.4, -0.2) is 7.28 Å². The normalized spacial score (nSPS) is 18.8. The number of allylic oxidation sites excluding steroid dienone is 1. The van der Waals surface area contributed by atoms with Crippen molar-refractivity contribution in [3.05, 3.63) is 24.0 Å². The fourth-order valence-electron chi connectivity index (χ4n) is 0.994. The first-order chi connectivity index (χ1) is 4.84. The lowest BCUT2D eigenvalue weighted by Crippen LogP contribution is -2.07. The summed E-state index contributed by atoms with van der Waals surface area (Å²) in [5.74, 6) is 2.73. The van der Waals surface area contributed by atoms with Gasteiger partial charge in [-0.05, 0) is 5.92 Å². The first-order valence-electron chi connectivity index (χ1n) is 3.84. The third kappa shape index (κ3) is 1.66. The van der Waals surface area contributed by atoms with Crippen molar-refractivity contribution < 1.29 is 4.74 Å². The molecule has 2 heteroatoms. The van der Waals surface area contributed by atoms with Crippen LogP contribution in [0.1, 0.15) is 20.3 Å². The van der Waals surface area contributed by atoms with Crippen LogP contribution < -0.4 is 0 Å². The molecule has 1 rings (SSSR count). The Morgan fingerprint density at radius 1 is 1.70 bits per heavy atom. The molecule has 0 spiro atoms. The molecule has 1 heterocycles. The lowest BCUT2D eigenvalue weighted by atomic mass is 9.64. The van der Waals surface area contributed by atoms with Gasteiger partial charge in [0, 0.05) is 0 Å². The maximum atomic E-state index is 5.06. The lowest BCUT2D eigenvalue weighted by molar-refractivity contribution is 0.392. The van der Waals surface area contributed by atoms with Crippen molar-refractivity contribution in [3.63, 3.8) is 0 Å². The highest BCUT2D eigenvalue weighted by Crippen LogP contribution is 2.15. The molecular formula is C8H13BO. The summed E-state index contributed by atoms with van der Waals surface area (Å²) in [6.07, 6.45) is 4.81. The van der Waals surface area contributed by atoms with Crippen molar-refractivity contribution >= 4 is 7.28 Å². The highest BCUT2D eigenvalue weighted by Gasteiger charge is 2.08. The van der Waals surface area contributed by atoms with Gasteiger partial charge in [-0.15, -0.1) is 0 Å². The summed E-state index contributed by atoms with van der Waals surface area (Å²) in [7, 11) is 1.06. The average molecular weight is 136 g/mol. The summed E-state index contributed by atoms with van der Waals surface area (Å²) in [6.45, 7) is 4.43. The first kappa shape index (κ1) is 7.45. The Bertz CT molecular complexity index is 161. The topological polar surface area (TPSA) is 9.23 Å². The smallest absolute Gasteiger partial charge is 0.186 e. The molecule has 0 bridgehead atoms. The predicted molar refractivity (Wildman–Crippen MR) is 44.9 cm³/mol. The van der Waals surface area contributed by atoms with Crippen molar-refractivity contribution in [2.45, 2.75) is 20.3 Å². The van der Waals surface area contributed by atoms with Gasteiger partial charge in [0.25, 0.3) is 0 Å². The van der Waals surface area contributed by atoms with Crippen molar-refractivity contribution in [1.82, 2.24) is 0 Å². The van der Waals surface area contributed by atoms with Crippen molar-refractivity contribution in [3.8, 4) is 0 Å². The van der Waals surface area contributed by atoms with Gasteiger partial charge in [0.2, 0.25) is 0 Å². The molecule has 1 nitrogen and oxygen atoms in total. The second-order valence-electron chi connectivity index (χ2n) is 2.71. The molecule has 0 radical (unpaired) electrons. The van der Waals surface area contributed by atoms with Crippen molar-refractivity contribution in [2.24, 2.45) is 5.92 Å². The van der Waals surface area contributed by atoms with Crippen LogP contribution in [0, 0.1) is 5.92 Å². The molecule has 0 aromatic carbocycles. The van der Waals surface area contributed by atoms with Crippen LogP contribution in [0.5, 0.6) is 0 Å². The molecule has 10 heavy (non-hydrogen) atoms. The minimum atomic E-state index is 0.671. The summed E-state index contributed by atoms with van der Waals surface area (Å²) in [5, 5.41) is 0. The summed E-state index contributed by atoms with van der Waals surface area (Å²) >= 11 is 0. The predicted octanol–water partition coefficient (Wildman–Crippen LogP) is 1.81. The maximum absolute atomic E-state index is 5.06. The largest absolute Gasteiger partial charge is 0.475 e. The van der Waals surface area contributed by atoms with E-state index in [0.717, 1.165) is 7.28 Å². The molecule has 0 aliphatic carbocycles. The van der Waals surface area contributed by atoms with Gasteiger partial charge in [-0.2, -0.15) is 0 Å². The van der Waals surface area contributed by atoms with Gasteiger partial charge in [-0.3, -0.25) is 0 Å². The van der Waals surface area contributed by atoms with Gasteiger partial charge in [-0.1, -0.05) is 31.7 Å². The number of hydrogen-bond acceptors (Lipinski definition) is 1. The number of ether oxygens (including phenoxy) is 1. The molecule has 0 aromatic rings. The Kier molecular flexibility index (Phi) is 2.61. The van der Waals surface area contributed by atoms with Crippen LogP contribution in [0.15, 0.2) is 24.0 Å². The molecule has 0 amide bonds. The molecule has 0 saturated heterocycles. The SMILES string of the molecule is CCC(C)C1=COC=CB1. The van der Waals surface area contributed by atoms with E-state index in [4.69, 9.17) is 4.74 Å². The van der Waals surface area contributed by atoms with Crippen LogP contribution >= 0.6 is 0 Å². The third-order valence-electron chi connectivity index (χ3n) is 1.99. The van der Waals surface area contributed by atoms with E-state index >= 15 is 0 Å². The number of hydrogen-bond donors (Lipinski definition) is 0. The molecule has 0 saturated carbocycles. The summed E-state index contributed by atoms with van der Waals surface area (Å²) in [4.78, 5) is 0. The Labute approximate surface area is 63.0 Å². The van der Waals surface area contributed by atoms with Gasteiger partial charge < -0.3 is 4.74 Å². The Morgan fingerprint density at radius 2 is 2.50 bits per heavy atom. The summed E-state index contributed by atoms with van der Waals surface area (Å²) in [5.41, 5.74) is 1.41. The second-order valence-corrected chi connectivity index (χ2v) is 2.71. The fourth-order valence-corrected chi connectivity index (χ4v) is 0.994. The fraction of sp³-hybridized carbons (Fsp3) is 0.500. The quantitative estimate of drug-likeness (QED) is 0.526. The molecule has 0 N–H and O–H groups in total. The molecule has 1 unspecified atom stereocenters. The van der Waals surface area contributed by atoms with Gasteiger partial charge >= 0.3 is 0 Å². The monoisotopic (exact) mass is 136 g/mol. The molecule has 54 valence electrons. The highest BCUT2D eigenvalue weighted by molar-refractivity contribution is 6.51. The van der Waals surface area contributed by atoms with Gasteiger partial charge in [0.1, 0.15) is 0 Å². The second kappa shape index (κ2) is 3.50. The highest BCUT2D eigenvalue weighted by atomic mass is 16.5. The molecule has 0 fully saturated rings. The lowest BCUT2D eigenvalue weighted by Gasteiger charge is -2.13. The van der Waals surface area contributed by atoms with E-state index in [0.29, 0.717) is 5.92 Å². The summed E-state index contributed by atoms with van der Waals surface area (Å²) in [6, 6.07) is 0. The number of rotatable bonds is 2. The molecular weight excluding hydrogens is 123 g/mol. The third-order valence-corrected chi connectivity index (χ3v) is 1.99. The zero-order chi connectivity index (χ0) is 7.40. The maximum Gasteiger partial charge on any atom is 0.186 e. The Morgan fingerprint density at radius 3 is 3.00 bits per heavy atom. The van der Waals surface area contributed by atoms with Gasteiger partial charge in [0.15, 0.2) is 7.28 Å². The van der Waals surface area contributed by atoms with Crippen LogP contribution in [0.4, 0.5) is 0 Å². The van der Waals surface area contributed by atoms with E-state index in [-0.39, 0.29) is 0 Å². The molecule has 1 aliphatic rings. The van der Waals surface area contributed by atoms with E-state index in [9.17, 15) is 0 Å². The first-order valence-corrected chi connectivity index (χ1v) is 3.84. The van der Waals surface area contributed by atoms with Crippen LogP contribution in [-0.2, 0) is 4.74 Å². The van der Waals surface area contributed by atoms with Crippen LogP contribution in [0.25, 0.3) is 0 Å². The Hall–Kier alpha value is -0.655. The van der Waals surface area contributed by atoms with Crippen LogP contribution in [0.2, 0.25) is 0 Å². The molecule has 1 aliphatic heterocycles. The minimum absolute atomic E-state index is 0.671. The molecule has 1 atom stereocenters. The molecule has 0 aromatic heterocycles. The minimum Gasteiger partial charge on any atom is -0.475 e. The van der Waals surface area contributed by atoms with E-state index in [1.807, 2.05) is 6.26 Å². The van der Waals surface area contributed by atoms with Gasteiger partial charge in [0.05, 0.1) is 12.5 Å². The van der Waals surface area contributed by atoms with E-state index in [1.54, 1.807) is 6.26 Å². The van der Waals surface area contributed by atoms with Crippen LogP contribution in [0.3, 0.4) is 0 Å². The van der Waals surface area contributed by atoms with Crippen molar-refractivity contribution in [1.29, 1.82) is 0 Å². The van der Waals surface area contributed by atoms with E-state index in [1.165, 1.54) is 11.9 Å². The van der Waals surface area contributed by atoms with Crippen molar-refractivity contribution in [2.75, 3.05) is 0 Å². The average Bonchev–Trinajstić information content (AvgIpc) is 2.05.